The van der Waals surface area contributed by atoms with E-state index in [0.717, 1.165) is 12.3 Å². The monoisotopic (exact) mass is 382 g/mol. The fourth-order valence-electron chi connectivity index (χ4n) is 2.65. The third-order valence-electron chi connectivity index (χ3n) is 4.07. The molecule has 1 saturated carbocycles. The van der Waals surface area contributed by atoms with Crippen LogP contribution in [0.1, 0.15) is 23.9 Å². The molecule has 4 rings (SSSR count). The van der Waals surface area contributed by atoms with E-state index in [4.69, 9.17) is 11.6 Å². The van der Waals surface area contributed by atoms with Gasteiger partial charge < -0.3 is 0 Å². The van der Waals surface area contributed by atoms with Gasteiger partial charge in [-0.05, 0) is 30.7 Å². The van der Waals surface area contributed by atoms with Gasteiger partial charge in [-0.2, -0.15) is 13.2 Å². The third kappa shape index (κ3) is 3.05. The zero-order valence-electron chi connectivity index (χ0n) is 13.1. The standard InChI is InChI=1S/C17H11ClF4N4/c18-12-4-2-1-3-10(12)15-24-16(11-8-13(11)19)26(25-15)9-5-6-23-14(7-9)17(20,21)22/h1-7,11,13H,8H2/t11-,13+/m1/s1. The topological polar surface area (TPSA) is 43.6 Å². The second-order valence-corrected chi connectivity index (χ2v) is 6.35. The molecular weight excluding hydrogens is 372 g/mol. The smallest absolute Gasteiger partial charge is 0.252 e. The van der Waals surface area contributed by atoms with Gasteiger partial charge in [-0.1, -0.05) is 23.7 Å². The third-order valence-corrected chi connectivity index (χ3v) is 4.40. The van der Waals surface area contributed by atoms with Crippen molar-refractivity contribution in [3.63, 3.8) is 0 Å². The van der Waals surface area contributed by atoms with Crippen LogP contribution in [0.4, 0.5) is 17.6 Å². The highest BCUT2D eigenvalue weighted by Crippen LogP contribution is 2.44. The van der Waals surface area contributed by atoms with Gasteiger partial charge in [0.2, 0.25) is 0 Å². The molecule has 2 atom stereocenters. The molecule has 0 unspecified atom stereocenters. The zero-order chi connectivity index (χ0) is 18.5. The van der Waals surface area contributed by atoms with E-state index in [2.05, 4.69) is 15.1 Å². The lowest BCUT2D eigenvalue weighted by Crippen LogP contribution is -2.10. The highest BCUT2D eigenvalue weighted by Gasteiger charge is 2.43. The van der Waals surface area contributed by atoms with Crippen LogP contribution in [0.5, 0.6) is 0 Å². The Kier molecular flexibility index (Phi) is 3.95. The van der Waals surface area contributed by atoms with Gasteiger partial charge in [0.05, 0.1) is 16.6 Å². The number of alkyl halides is 4. The van der Waals surface area contributed by atoms with Crippen molar-refractivity contribution in [2.45, 2.75) is 24.7 Å². The van der Waals surface area contributed by atoms with E-state index < -0.39 is 24.0 Å². The van der Waals surface area contributed by atoms with E-state index in [1.54, 1.807) is 24.3 Å². The number of nitrogens with zero attached hydrogens (tertiary/aromatic N) is 4. The van der Waals surface area contributed by atoms with Gasteiger partial charge in [-0.25, -0.2) is 14.1 Å². The molecule has 26 heavy (non-hydrogen) atoms. The summed E-state index contributed by atoms with van der Waals surface area (Å²) in [5.41, 5.74) is -0.411. The van der Waals surface area contributed by atoms with Crippen molar-refractivity contribution in [1.29, 1.82) is 0 Å². The van der Waals surface area contributed by atoms with Gasteiger partial charge in [0.25, 0.3) is 0 Å². The Morgan fingerprint density at radius 2 is 1.88 bits per heavy atom. The summed E-state index contributed by atoms with van der Waals surface area (Å²) < 4.78 is 53.7. The van der Waals surface area contributed by atoms with Crippen LogP contribution in [0.15, 0.2) is 42.6 Å². The second kappa shape index (κ2) is 6.05. The Morgan fingerprint density at radius 3 is 2.54 bits per heavy atom. The second-order valence-electron chi connectivity index (χ2n) is 5.94. The van der Waals surface area contributed by atoms with Crippen LogP contribution in [-0.4, -0.2) is 25.9 Å². The lowest BCUT2D eigenvalue weighted by Gasteiger charge is -2.09. The number of halogens is 5. The van der Waals surface area contributed by atoms with Crippen molar-refractivity contribution in [1.82, 2.24) is 19.7 Å². The normalized spacial score (nSPS) is 19.6. The number of aromatic nitrogens is 4. The molecule has 1 aliphatic carbocycles. The SMILES string of the molecule is F[C@H]1C[C@H]1c1nc(-c2ccccc2Cl)nn1-c1ccnc(C(F)(F)F)c1. The van der Waals surface area contributed by atoms with E-state index in [1.165, 1.54) is 10.7 Å². The fraction of sp³-hybridized carbons (Fsp3) is 0.235. The van der Waals surface area contributed by atoms with Crippen LogP contribution in [0.3, 0.4) is 0 Å². The van der Waals surface area contributed by atoms with Crippen molar-refractivity contribution in [3.8, 4) is 17.1 Å². The van der Waals surface area contributed by atoms with E-state index in [1.807, 2.05) is 0 Å². The molecule has 0 radical (unpaired) electrons. The number of benzene rings is 1. The highest BCUT2D eigenvalue weighted by atomic mass is 35.5. The highest BCUT2D eigenvalue weighted by molar-refractivity contribution is 6.33. The van der Waals surface area contributed by atoms with Crippen LogP contribution < -0.4 is 0 Å². The molecule has 134 valence electrons. The Labute approximate surface area is 150 Å². The number of hydrogen-bond acceptors (Lipinski definition) is 3. The quantitative estimate of drug-likeness (QED) is 0.609. The van der Waals surface area contributed by atoms with E-state index in [9.17, 15) is 17.6 Å². The Morgan fingerprint density at radius 1 is 1.15 bits per heavy atom. The maximum absolute atomic E-state index is 13.6. The Hall–Kier alpha value is -2.48. The van der Waals surface area contributed by atoms with Crippen LogP contribution in [-0.2, 0) is 6.18 Å². The van der Waals surface area contributed by atoms with Crippen LogP contribution in [0.25, 0.3) is 17.1 Å². The van der Waals surface area contributed by atoms with Crippen molar-refractivity contribution in [3.05, 3.63) is 59.1 Å². The molecule has 0 amide bonds. The molecule has 0 saturated heterocycles. The summed E-state index contributed by atoms with van der Waals surface area (Å²) >= 11 is 6.15. The summed E-state index contributed by atoms with van der Waals surface area (Å²) in [7, 11) is 0. The van der Waals surface area contributed by atoms with Gasteiger partial charge in [0, 0.05) is 11.8 Å². The minimum absolute atomic E-state index is 0.118. The van der Waals surface area contributed by atoms with Gasteiger partial charge in [-0.3, -0.25) is 4.98 Å². The lowest BCUT2D eigenvalue weighted by atomic mass is 10.2. The number of pyridine rings is 1. The van der Waals surface area contributed by atoms with Gasteiger partial charge >= 0.3 is 6.18 Å². The van der Waals surface area contributed by atoms with Gasteiger partial charge in [0.1, 0.15) is 17.7 Å². The molecule has 0 spiro atoms. The first kappa shape index (κ1) is 17.0. The minimum atomic E-state index is -4.59. The molecule has 0 N–H and O–H groups in total. The zero-order valence-corrected chi connectivity index (χ0v) is 13.8. The van der Waals surface area contributed by atoms with E-state index in [-0.39, 0.29) is 23.8 Å². The van der Waals surface area contributed by atoms with Crippen LogP contribution >= 0.6 is 11.6 Å². The first-order chi connectivity index (χ1) is 12.3. The van der Waals surface area contributed by atoms with Gasteiger partial charge in [-0.15, -0.1) is 5.10 Å². The Balaban J connectivity index is 1.85. The predicted octanol–water partition coefficient (Wildman–Crippen LogP) is 4.83. The summed E-state index contributed by atoms with van der Waals surface area (Å²) in [4.78, 5) is 7.69. The van der Waals surface area contributed by atoms with Crippen molar-refractivity contribution in [2.24, 2.45) is 0 Å². The molecule has 0 bridgehead atoms. The first-order valence-electron chi connectivity index (χ1n) is 7.74. The fourth-order valence-corrected chi connectivity index (χ4v) is 2.87. The largest absolute Gasteiger partial charge is 0.433 e. The molecule has 3 aromatic rings. The molecule has 1 aliphatic rings. The van der Waals surface area contributed by atoms with Crippen LogP contribution in [0.2, 0.25) is 5.02 Å². The molecule has 9 heteroatoms. The number of rotatable bonds is 3. The molecule has 2 aromatic heterocycles. The van der Waals surface area contributed by atoms with E-state index in [0.29, 0.717) is 10.6 Å². The molecule has 1 aromatic carbocycles. The summed E-state index contributed by atoms with van der Waals surface area (Å²) in [6.07, 6.45) is -4.37. The van der Waals surface area contributed by atoms with Crippen molar-refractivity contribution < 1.29 is 17.6 Å². The molecule has 2 heterocycles. The van der Waals surface area contributed by atoms with Gasteiger partial charge in [0.15, 0.2) is 5.82 Å². The predicted molar refractivity (Wildman–Crippen MR) is 86.9 cm³/mol. The Bertz CT molecular complexity index is 969. The van der Waals surface area contributed by atoms with E-state index >= 15 is 0 Å². The van der Waals surface area contributed by atoms with Crippen LogP contribution in [0, 0.1) is 0 Å². The molecule has 4 nitrogen and oxygen atoms in total. The molecule has 0 aliphatic heterocycles. The first-order valence-corrected chi connectivity index (χ1v) is 8.12. The average molecular weight is 383 g/mol. The maximum Gasteiger partial charge on any atom is 0.433 e. The molecular formula is C17H11ClF4N4. The summed E-state index contributed by atoms with van der Waals surface area (Å²) in [5.74, 6) is 0.00283. The summed E-state index contributed by atoms with van der Waals surface area (Å²) in [6, 6.07) is 9.06. The maximum atomic E-state index is 13.6. The minimum Gasteiger partial charge on any atom is -0.252 e. The average Bonchev–Trinajstić information content (AvgIpc) is 3.17. The molecule has 1 fully saturated rings. The number of hydrogen-bond donors (Lipinski definition) is 0. The summed E-state index contributed by atoms with van der Waals surface area (Å²) in [6.45, 7) is 0. The summed E-state index contributed by atoms with van der Waals surface area (Å²) in [5, 5.41) is 4.69. The van der Waals surface area contributed by atoms with Crippen molar-refractivity contribution >= 4 is 11.6 Å². The lowest BCUT2D eigenvalue weighted by molar-refractivity contribution is -0.141. The van der Waals surface area contributed by atoms with Crippen molar-refractivity contribution in [2.75, 3.05) is 0 Å².